The number of nitrogens with zero attached hydrogens (tertiary/aromatic N) is 2. The van der Waals surface area contributed by atoms with Crippen molar-refractivity contribution in [3.05, 3.63) is 12.4 Å². The lowest BCUT2D eigenvalue weighted by molar-refractivity contribution is 0.0669. The van der Waals surface area contributed by atoms with Crippen LogP contribution in [0.4, 0.5) is 0 Å². The largest absolute Gasteiger partial charge is 0.394 e. The highest BCUT2D eigenvalue weighted by Gasteiger charge is 2.13. The molecule has 13 heavy (non-hydrogen) atoms. The highest BCUT2D eigenvalue weighted by Crippen LogP contribution is 2.07. The minimum Gasteiger partial charge on any atom is -0.394 e. The number of rotatable bonds is 5. The van der Waals surface area contributed by atoms with Gasteiger partial charge in [0.05, 0.1) is 19.4 Å². The summed E-state index contributed by atoms with van der Waals surface area (Å²) in [5.41, 5.74) is 0. The van der Waals surface area contributed by atoms with Gasteiger partial charge in [-0.25, -0.2) is 0 Å². The summed E-state index contributed by atoms with van der Waals surface area (Å²) in [6, 6.07) is 0. The summed E-state index contributed by atoms with van der Waals surface area (Å²) in [6.45, 7) is 4.34. The molecule has 1 rings (SSSR count). The Labute approximate surface area is 79.1 Å². The zero-order valence-corrected chi connectivity index (χ0v) is 8.06. The summed E-state index contributed by atoms with van der Waals surface area (Å²) < 4.78 is 0. The average molecular weight is 186 g/mol. The summed E-state index contributed by atoms with van der Waals surface area (Å²) in [6.07, 6.45) is 4.47. The predicted molar refractivity (Wildman–Crippen MR) is 50.8 cm³/mol. The highest BCUT2D eigenvalue weighted by atomic mass is 16.3. The second kappa shape index (κ2) is 5.09. The molecular formula is C9H18N2O2. The summed E-state index contributed by atoms with van der Waals surface area (Å²) in [5.74, 6) is 0. The zero-order chi connectivity index (χ0) is 9.68. The van der Waals surface area contributed by atoms with E-state index < -0.39 is 6.10 Å². The van der Waals surface area contributed by atoms with Crippen LogP contribution in [0, 0.1) is 0 Å². The van der Waals surface area contributed by atoms with Crippen molar-refractivity contribution in [1.82, 2.24) is 9.80 Å². The van der Waals surface area contributed by atoms with Crippen LogP contribution in [0.3, 0.4) is 0 Å². The first-order chi connectivity index (χ1) is 6.26. The van der Waals surface area contributed by atoms with E-state index in [9.17, 15) is 5.11 Å². The molecule has 1 aliphatic heterocycles. The van der Waals surface area contributed by atoms with Crippen molar-refractivity contribution < 1.29 is 10.2 Å². The molecule has 1 heterocycles. The molecule has 1 atom stereocenters. The molecule has 4 nitrogen and oxygen atoms in total. The molecule has 1 aliphatic rings. The molecule has 0 aromatic carbocycles. The third kappa shape index (κ3) is 3.24. The van der Waals surface area contributed by atoms with Crippen molar-refractivity contribution in [1.29, 1.82) is 0 Å². The Bertz CT molecular complexity index is 173. The number of hydrogen-bond donors (Lipinski definition) is 2. The number of β-amino-alcohol motifs (C(OH)–C–C–N with tert-alkyl or cyclic N) is 1. The molecule has 0 aromatic rings. The Morgan fingerprint density at radius 2 is 2.08 bits per heavy atom. The van der Waals surface area contributed by atoms with E-state index in [4.69, 9.17) is 5.11 Å². The lowest BCUT2D eigenvalue weighted by Crippen LogP contribution is -2.33. The minimum atomic E-state index is -0.633. The lowest BCUT2D eigenvalue weighted by atomic mass is 10.3. The standard InChI is InChI=1S/C9H18N2O2/c1-2-3-10-4-5-11(8-10)6-9(13)7-12/h4-5,9,12-13H,2-3,6-8H2,1H3. The van der Waals surface area contributed by atoms with Crippen molar-refractivity contribution in [3.8, 4) is 0 Å². The zero-order valence-electron chi connectivity index (χ0n) is 8.06. The second-order valence-electron chi connectivity index (χ2n) is 3.36. The van der Waals surface area contributed by atoms with Crippen LogP contribution in [0.15, 0.2) is 12.4 Å². The van der Waals surface area contributed by atoms with Gasteiger partial charge in [-0.2, -0.15) is 0 Å². The van der Waals surface area contributed by atoms with E-state index in [1.165, 1.54) is 0 Å². The Balaban J connectivity index is 2.22. The van der Waals surface area contributed by atoms with Crippen LogP contribution in [0.5, 0.6) is 0 Å². The molecule has 0 spiro atoms. The lowest BCUT2D eigenvalue weighted by Gasteiger charge is -2.22. The smallest absolute Gasteiger partial charge is 0.0945 e. The fraction of sp³-hybridized carbons (Fsp3) is 0.778. The van der Waals surface area contributed by atoms with E-state index >= 15 is 0 Å². The van der Waals surface area contributed by atoms with Crippen LogP contribution < -0.4 is 0 Å². The van der Waals surface area contributed by atoms with Crippen molar-refractivity contribution in [3.63, 3.8) is 0 Å². The Kier molecular flexibility index (Phi) is 4.05. The molecule has 0 bridgehead atoms. The molecule has 0 saturated heterocycles. The van der Waals surface area contributed by atoms with E-state index in [2.05, 4.69) is 11.8 Å². The van der Waals surface area contributed by atoms with Crippen LogP contribution in [0.25, 0.3) is 0 Å². The molecule has 0 aliphatic carbocycles. The summed E-state index contributed by atoms with van der Waals surface area (Å²) >= 11 is 0. The van der Waals surface area contributed by atoms with Crippen molar-refractivity contribution >= 4 is 0 Å². The van der Waals surface area contributed by atoms with Gasteiger partial charge in [-0.05, 0) is 6.42 Å². The molecule has 0 radical (unpaired) electrons. The van der Waals surface area contributed by atoms with E-state index in [0.717, 1.165) is 19.6 Å². The normalized spacial score (nSPS) is 18.4. The fourth-order valence-electron chi connectivity index (χ4n) is 1.40. The molecule has 4 heteroatoms. The maximum atomic E-state index is 9.19. The van der Waals surface area contributed by atoms with Crippen LogP contribution in [0.1, 0.15) is 13.3 Å². The van der Waals surface area contributed by atoms with Gasteiger partial charge in [0.15, 0.2) is 0 Å². The van der Waals surface area contributed by atoms with Crippen LogP contribution in [-0.4, -0.2) is 52.5 Å². The van der Waals surface area contributed by atoms with E-state index in [-0.39, 0.29) is 6.61 Å². The molecule has 76 valence electrons. The molecule has 0 saturated carbocycles. The van der Waals surface area contributed by atoms with E-state index in [1.807, 2.05) is 17.3 Å². The monoisotopic (exact) mass is 186 g/mol. The van der Waals surface area contributed by atoms with Gasteiger partial charge in [0.1, 0.15) is 0 Å². The van der Waals surface area contributed by atoms with Gasteiger partial charge in [-0.15, -0.1) is 0 Å². The number of hydrogen-bond acceptors (Lipinski definition) is 4. The van der Waals surface area contributed by atoms with Gasteiger partial charge in [0.25, 0.3) is 0 Å². The first kappa shape index (κ1) is 10.3. The highest BCUT2D eigenvalue weighted by molar-refractivity contribution is 4.90. The fourth-order valence-corrected chi connectivity index (χ4v) is 1.40. The summed E-state index contributed by atoms with van der Waals surface area (Å²) in [4.78, 5) is 4.18. The molecule has 0 amide bonds. The molecule has 1 unspecified atom stereocenters. The predicted octanol–water partition coefficient (Wildman–Crippen LogP) is -0.204. The van der Waals surface area contributed by atoms with Crippen LogP contribution in [-0.2, 0) is 0 Å². The Hall–Kier alpha value is -0.740. The Morgan fingerprint density at radius 3 is 2.69 bits per heavy atom. The molecule has 2 N–H and O–H groups in total. The summed E-state index contributed by atoms with van der Waals surface area (Å²) in [7, 11) is 0. The van der Waals surface area contributed by atoms with Gasteiger partial charge < -0.3 is 20.0 Å². The first-order valence-corrected chi connectivity index (χ1v) is 4.71. The van der Waals surface area contributed by atoms with Crippen molar-refractivity contribution in [2.75, 3.05) is 26.4 Å². The van der Waals surface area contributed by atoms with Crippen LogP contribution >= 0.6 is 0 Å². The number of aliphatic hydroxyl groups is 2. The average Bonchev–Trinajstić information content (AvgIpc) is 2.53. The van der Waals surface area contributed by atoms with Crippen molar-refractivity contribution in [2.24, 2.45) is 0 Å². The first-order valence-electron chi connectivity index (χ1n) is 4.71. The SMILES string of the molecule is CCCN1C=CN(CC(O)CO)C1. The third-order valence-corrected chi connectivity index (χ3v) is 2.02. The quantitative estimate of drug-likeness (QED) is 0.624. The minimum absolute atomic E-state index is 0.169. The molecular weight excluding hydrogens is 168 g/mol. The maximum absolute atomic E-state index is 9.19. The van der Waals surface area contributed by atoms with Crippen molar-refractivity contribution in [2.45, 2.75) is 19.4 Å². The third-order valence-electron chi connectivity index (χ3n) is 2.02. The Morgan fingerprint density at radius 1 is 1.38 bits per heavy atom. The molecule has 0 fully saturated rings. The van der Waals surface area contributed by atoms with E-state index in [0.29, 0.717) is 6.54 Å². The number of aliphatic hydroxyl groups excluding tert-OH is 2. The van der Waals surface area contributed by atoms with E-state index in [1.54, 1.807) is 0 Å². The van der Waals surface area contributed by atoms with Gasteiger partial charge in [0.2, 0.25) is 0 Å². The van der Waals surface area contributed by atoms with Gasteiger partial charge in [-0.1, -0.05) is 6.92 Å². The van der Waals surface area contributed by atoms with Gasteiger partial charge in [0, 0.05) is 25.5 Å². The molecule has 0 aromatic heterocycles. The second-order valence-corrected chi connectivity index (χ2v) is 3.36. The summed E-state index contributed by atoms with van der Waals surface area (Å²) in [5, 5.41) is 17.8. The van der Waals surface area contributed by atoms with Gasteiger partial charge in [-0.3, -0.25) is 0 Å². The van der Waals surface area contributed by atoms with Crippen LogP contribution in [0.2, 0.25) is 0 Å². The van der Waals surface area contributed by atoms with Gasteiger partial charge >= 0.3 is 0 Å². The topological polar surface area (TPSA) is 46.9 Å². The maximum Gasteiger partial charge on any atom is 0.0945 e.